The van der Waals surface area contributed by atoms with Crippen LogP contribution in [-0.2, 0) is 10.0 Å². The van der Waals surface area contributed by atoms with Gasteiger partial charge in [0.2, 0.25) is 5.89 Å². The van der Waals surface area contributed by atoms with E-state index in [1.165, 1.54) is 18.2 Å². The topological polar surface area (TPSA) is 72.2 Å². The van der Waals surface area contributed by atoms with E-state index in [4.69, 9.17) is 4.42 Å². The van der Waals surface area contributed by atoms with Crippen molar-refractivity contribution in [2.45, 2.75) is 4.90 Å². The highest BCUT2D eigenvalue weighted by Crippen LogP contribution is 2.26. The number of fused-ring (bicyclic) bond motifs is 1. The lowest BCUT2D eigenvalue weighted by atomic mass is 10.2. The highest BCUT2D eigenvalue weighted by Gasteiger charge is 2.18. The minimum atomic E-state index is -4.01. The zero-order valence-electron chi connectivity index (χ0n) is 13.4. The number of nitrogens with one attached hydrogen (secondary N) is 1. The Hall–Kier alpha value is -3.19. The molecule has 0 amide bonds. The highest BCUT2D eigenvalue weighted by atomic mass is 32.2. The first-order valence-corrected chi connectivity index (χ1v) is 9.25. The molecule has 0 atom stereocenters. The van der Waals surface area contributed by atoms with Crippen molar-refractivity contribution >= 4 is 26.8 Å². The molecule has 5 nitrogen and oxygen atoms in total. The molecule has 1 N–H and O–H groups in total. The second-order valence-electron chi connectivity index (χ2n) is 5.60. The Labute approximate surface area is 149 Å². The van der Waals surface area contributed by atoms with E-state index < -0.39 is 20.7 Å². The Morgan fingerprint density at radius 1 is 0.885 bits per heavy atom. The maximum atomic E-state index is 13.7. The van der Waals surface area contributed by atoms with Crippen LogP contribution in [0.2, 0.25) is 0 Å². The van der Waals surface area contributed by atoms with E-state index in [2.05, 4.69) is 9.71 Å². The average Bonchev–Trinajstić information content (AvgIpc) is 3.06. The molecule has 0 bridgehead atoms. The van der Waals surface area contributed by atoms with Gasteiger partial charge in [0.25, 0.3) is 10.0 Å². The van der Waals surface area contributed by atoms with Crippen molar-refractivity contribution in [3.05, 3.63) is 78.6 Å². The first-order chi connectivity index (χ1) is 12.5. The maximum absolute atomic E-state index is 13.7. The van der Waals surface area contributed by atoms with Crippen LogP contribution in [-0.4, -0.2) is 13.4 Å². The predicted octanol–water partition coefficient (Wildman–Crippen LogP) is 4.43. The van der Waals surface area contributed by atoms with Gasteiger partial charge in [-0.15, -0.1) is 0 Å². The fourth-order valence-corrected chi connectivity index (χ4v) is 3.69. The zero-order valence-corrected chi connectivity index (χ0v) is 14.2. The van der Waals surface area contributed by atoms with Gasteiger partial charge in [-0.2, -0.15) is 0 Å². The van der Waals surface area contributed by atoms with E-state index in [0.717, 1.165) is 11.6 Å². The van der Waals surface area contributed by atoms with Crippen LogP contribution in [0, 0.1) is 5.82 Å². The number of halogens is 1. The third kappa shape index (κ3) is 3.04. The van der Waals surface area contributed by atoms with E-state index in [0.29, 0.717) is 22.7 Å². The van der Waals surface area contributed by atoms with Gasteiger partial charge in [0.15, 0.2) is 5.58 Å². The normalized spacial score (nSPS) is 11.6. The van der Waals surface area contributed by atoms with Crippen LogP contribution in [0.25, 0.3) is 22.6 Å². The number of rotatable bonds is 4. The molecule has 0 saturated heterocycles. The molecule has 3 aromatic carbocycles. The molecule has 0 saturated carbocycles. The van der Waals surface area contributed by atoms with Gasteiger partial charge in [-0.25, -0.2) is 17.8 Å². The van der Waals surface area contributed by atoms with Crippen molar-refractivity contribution in [3.63, 3.8) is 0 Å². The molecular formula is C19H13FN2O3S. The Balaban J connectivity index is 1.61. The average molecular weight is 368 g/mol. The van der Waals surface area contributed by atoms with Crippen LogP contribution in [0.3, 0.4) is 0 Å². The third-order valence-electron chi connectivity index (χ3n) is 3.80. The van der Waals surface area contributed by atoms with Gasteiger partial charge in [0, 0.05) is 11.3 Å². The van der Waals surface area contributed by atoms with Crippen LogP contribution >= 0.6 is 0 Å². The van der Waals surface area contributed by atoms with E-state index in [1.54, 1.807) is 24.3 Å². The summed E-state index contributed by atoms with van der Waals surface area (Å²) in [6.45, 7) is 0. The van der Waals surface area contributed by atoms with E-state index >= 15 is 0 Å². The molecule has 0 unspecified atom stereocenters. The van der Waals surface area contributed by atoms with Gasteiger partial charge in [-0.1, -0.05) is 24.3 Å². The van der Waals surface area contributed by atoms with Crippen LogP contribution in [0.15, 0.2) is 82.1 Å². The summed E-state index contributed by atoms with van der Waals surface area (Å²) < 4.78 is 46.4. The van der Waals surface area contributed by atoms with Gasteiger partial charge < -0.3 is 4.42 Å². The zero-order chi connectivity index (χ0) is 18.1. The molecule has 0 radical (unpaired) electrons. The van der Waals surface area contributed by atoms with Gasteiger partial charge in [0.05, 0.1) is 0 Å². The summed E-state index contributed by atoms with van der Waals surface area (Å²) >= 11 is 0. The first kappa shape index (κ1) is 16.3. The fraction of sp³-hybridized carbons (Fsp3) is 0. The van der Waals surface area contributed by atoms with E-state index in [9.17, 15) is 12.8 Å². The van der Waals surface area contributed by atoms with Gasteiger partial charge >= 0.3 is 0 Å². The molecule has 4 aromatic rings. The molecule has 1 heterocycles. The lowest BCUT2D eigenvalue weighted by Crippen LogP contribution is -2.14. The van der Waals surface area contributed by atoms with Crippen molar-refractivity contribution < 1.29 is 17.2 Å². The summed E-state index contributed by atoms with van der Waals surface area (Å²) in [5, 5.41) is 0. The highest BCUT2D eigenvalue weighted by molar-refractivity contribution is 7.92. The van der Waals surface area contributed by atoms with E-state index in [1.807, 2.05) is 24.3 Å². The summed E-state index contributed by atoms with van der Waals surface area (Å²) in [4.78, 5) is 3.99. The minimum Gasteiger partial charge on any atom is -0.436 e. The summed E-state index contributed by atoms with van der Waals surface area (Å²) in [5.74, 6) is -0.363. The monoisotopic (exact) mass is 368 g/mol. The van der Waals surface area contributed by atoms with Crippen molar-refractivity contribution in [2.24, 2.45) is 0 Å². The maximum Gasteiger partial charge on any atom is 0.264 e. The van der Waals surface area contributed by atoms with Crippen LogP contribution in [0.1, 0.15) is 0 Å². The lowest BCUT2D eigenvalue weighted by molar-refractivity contribution is 0.570. The number of sulfonamides is 1. The van der Waals surface area contributed by atoms with Crippen molar-refractivity contribution in [1.82, 2.24) is 4.98 Å². The molecule has 130 valence electrons. The Kier molecular flexibility index (Phi) is 3.93. The number of para-hydroxylation sites is 2. The third-order valence-corrected chi connectivity index (χ3v) is 5.22. The number of hydrogen-bond acceptors (Lipinski definition) is 4. The summed E-state index contributed by atoms with van der Waals surface area (Å²) in [6, 6.07) is 19.1. The van der Waals surface area contributed by atoms with Crippen LogP contribution in [0.4, 0.5) is 10.1 Å². The molecule has 1 aromatic heterocycles. The Bertz CT molecular complexity index is 1150. The molecule has 0 aliphatic heterocycles. The minimum absolute atomic E-state index is 0.313. The van der Waals surface area contributed by atoms with Gasteiger partial charge in [-0.3, -0.25) is 4.72 Å². The number of anilines is 1. The van der Waals surface area contributed by atoms with Crippen LogP contribution in [0.5, 0.6) is 0 Å². The summed E-state index contributed by atoms with van der Waals surface area (Å²) in [5.41, 5.74) is 2.43. The number of nitrogens with zero attached hydrogens (tertiary/aromatic N) is 1. The lowest BCUT2D eigenvalue weighted by Gasteiger charge is -2.09. The second-order valence-corrected chi connectivity index (χ2v) is 7.25. The smallest absolute Gasteiger partial charge is 0.264 e. The molecule has 7 heteroatoms. The Morgan fingerprint density at radius 3 is 2.31 bits per heavy atom. The quantitative estimate of drug-likeness (QED) is 0.578. The number of benzene rings is 3. The van der Waals surface area contributed by atoms with Gasteiger partial charge in [0.1, 0.15) is 16.2 Å². The standard InChI is InChI=1S/C19H13FN2O3S/c20-15-5-1-4-8-18(15)26(23,24)22-14-11-9-13(10-12-14)19-21-16-6-2-3-7-17(16)25-19/h1-12,22H. The van der Waals surface area contributed by atoms with Crippen molar-refractivity contribution in [1.29, 1.82) is 0 Å². The Morgan fingerprint density at radius 2 is 1.58 bits per heavy atom. The van der Waals surface area contributed by atoms with Crippen LogP contribution < -0.4 is 4.72 Å². The van der Waals surface area contributed by atoms with Gasteiger partial charge in [-0.05, 0) is 48.5 Å². The van der Waals surface area contributed by atoms with E-state index in [-0.39, 0.29) is 0 Å². The number of hydrogen-bond donors (Lipinski definition) is 1. The predicted molar refractivity (Wildman–Crippen MR) is 96.7 cm³/mol. The summed E-state index contributed by atoms with van der Waals surface area (Å²) in [7, 11) is -4.01. The number of oxazole rings is 1. The molecule has 0 aliphatic carbocycles. The molecular weight excluding hydrogens is 355 g/mol. The number of aromatic nitrogens is 1. The molecule has 4 rings (SSSR count). The SMILES string of the molecule is O=S(=O)(Nc1ccc(-c2nc3ccccc3o2)cc1)c1ccccc1F. The van der Waals surface area contributed by atoms with Crippen molar-refractivity contribution in [3.8, 4) is 11.5 Å². The molecule has 0 aliphatic rings. The molecule has 0 fully saturated rings. The second kappa shape index (κ2) is 6.27. The fourth-order valence-electron chi connectivity index (χ4n) is 2.55. The first-order valence-electron chi connectivity index (χ1n) is 7.76. The molecule has 0 spiro atoms. The largest absolute Gasteiger partial charge is 0.436 e. The molecule has 26 heavy (non-hydrogen) atoms. The summed E-state index contributed by atoms with van der Waals surface area (Å²) in [6.07, 6.45) is 0. The van der Waals surface area contributed by atoms with Crippen molar-refractivity contribution in [2.75, 3.05) is 4.72 Å².